The van der Waals surface area contributed by atoms with E-state index in [1.165, 1.54) is 18.4 Å². The van der Waals surface area contributed by atoms with Crippen molar-refractivity contribution in [1.29, 1.82) is 0 Å². The van der Waals surface area contributed by atoms with Crippen LogP contribution >= 0.6 is 0 Å². The molecule has 0 spiro atoms. The van der Waals surface area contributed by atoms with Crippen LogP contribution in [0.2, 0.25) is 0 Å². The molecule has 0 unspecified atom stereocenters. The molecule has 0 radical (unpaired) electrons. The van der Waals surface area contributed by atoms with E-state index in [0.29, 0.717) is 24.7 Å². The second-order valence-corrected chi connectivity index (χ2v) is 9.31. The first-order chi connectivity index (χ1) is 10.7. The molecular formula is C20H34O3. The zero-order valence-electron chi connectivity index (χ0n) is 15.1. The summed E-state index contributed by atoms with van der Waals surface area (Å²) in [4.78, 5) is 0. The number of rotatable bonds is 2. The summed E-state index contributed by atoms with van der Waals surface area (Å²) in [6, 6.07) is 0. The molecule has 0 saturated heterocycles. The fourth-order valence-electron chi connectivity index (χ4n) is 6.09. The zero-order chi connectivity index (χ0) is 17.0. The van der Waals surface area contributed by atoms with Gasteiger partial charge in [-0.25, -0.2) is 0 Å². The molecule has 0 bridgehead atoms. The normalized spacial score (nSPS) is 50.3. The number of allylic oxidation sites excluding steroid dienone is 1. The van der Waals surface area contributed by atoms with Crippen LogP contribution in [0.1, 0.15) is 59.8 Å². The minimum atomic E-state index is -0.882. The van der Waals surface area contributed by atoms with E-state index in [1.807, 2.05) is 6.92 Å². The Balaban J connectivity index is 2.01. The summed E-state index contributed by atoms with van der Waals surface area (Å²) in [5.41, 5.74) is 0.822. The minimum Gasteiger partial charge on any atom is -0.396 e. The van der Waals surface area contributed by atoms with E-state index >= 15 is 0 Å². The van der Waals surface area contributed by atoms with Gasteiger partial charge in [0.05, 0.1) is 11.7 Å². The maximum Gasteiger partial charge on any atom is 0.0709 e. The Bertz CT molecular complexity index is 481. The minimum absolute atomic E-state index is 0.118. The van der Waals surface area contributed by atoms with Gasteiger partial charge in [-0.15, -0.1) is 0 Å². The van der Waals surface area contributed by atoms with Gasteiger partial charge in [0.25, 0.3) is 0 Å². The Morgan fingerprint density at radius 3 is 2.61 bits per heavy atom. The van der Waals surface area contributed by atoms with E-state index in [9.17, 15) is 15.3 Å². The lowest BCUT2D eigenvalue weighted by Gasteiger charge is -2.43. The molecule has 3 nitrogen and oxygen atoms in total. The molecule has 132 valence electrons. The van der Waals surface area contributed by atoms with Crippen LogP contribution in [0, 0.1) is 35.0 Å². The highest BCUT2D eigenvalue weighted by atomic mass is 16.3. The third-order valence-electron chi connectivity index (χ3n) is 7.31. The van der Waals surface area contributed by atoms with Gasteiger partial charge in [0.15, 0.2) is 0 Å². The highest BCUT2D eigenvalue weighted by Crippen LogP contribution is 2.58. The summed E-state index contributed by atoms with van der Waals surface area (Å²) >= 11 is 0. The summed E-state index contributed by atoms with van der Waals surface area (Å²) in [6.45, 7) is 8.97. The second-order valence-electron chi connectivity index (χ2n) is 9.31. The number of aliphatic hydroxyl groups is 3. The van der Waals surface area contributed by atoms with Gasteiger partial charge in [-0.2, -0.15) is 0 Å². The molecule has 0 aromatic heterocycles. The van der Waals surface area contributed by atoms with Crippen molar-refractivity contribution in [3.8, 4) is 0 Å². The molecule has 7 atom stereocenters. The lowest BCUT2D eigenvalue weighted by atomic mass is 9.64. The SMILES string of the molecule is CC(C)[C@@H]1CC[C@]2(C)C[C@H]3[C@@H](CO)C[C@@H](O)[C@H]3[C@](C)(O)CC=C12. The van der Waals surface area contributed by atoms with Gasteiger partial charge in [0.1, 0.15) is 0 Å². The molecule has 3 heteroatoms. The first-order valence-corrected chi connectivity index (χ1v) is 9.41. The Morgan fingerprint density at radius 2 is 2.00 bits per heavy atom. The zero-order valence-corrected chi connectivity index (χ0v) is 15.1. The maximum atomic E-state index is 11.1. The Labute approximate surface area is 140 Å². The van der Waals surface area contributed by atoms with Crippen molar-refractivity contribution in [3.05, 3.63) is 11.6 Å². The van der Waals surface area contributed by atoms with Gasteiger partial charge >= 0.3 is 0 Å². The first kappa shape index (κ1) is 17.4. The number of fused-ring (bicyclic) bond motifs is 2. The van der Waals surface area contributed by atoms with Crippen LogP contribution in [0.25, 0.3) is 0 Å². The summed E-state index contributed by atoms with van der Waals surface area (Å²) in [5, 5.41) is 31.4. The topological polar surface area (TPSA) is 60.7 Å². The van der Waals surface area contributed by atoms with Gasteiger partial charge in [0.2, 0.25) is 0 Å². The standard InChI is InChI=1S/C20H34O3/c1-12(2)14-5-7-19(3)10-15-13(11-21)9-17(22)18(15)20(4,23)8-6-16(14)19/h6,12-15,17-18,21-23H,5,7-11H2,1-4H3/t13-,14+,15+,17-,18+,19-,20-/m1/s1. The van der Waals surface area contributed by atoms with Crippen molar-refractivity contribution >= 4 is 0 Å². The van der Waals surface area contributed by atoms with Crippen LogP contribution in [0.5, 0.6) is 0 Å². The van der Waals surface area contributed by atoms with Crippen molar-refractivity contribution < 1.29 is 15.3 Å². The molecule has 2 fully saturated rings. The highest BCUT2D eigenvalue weighted by molar-refractivity contribution is 5.26. The second kappa shape index (κ2) is 5.86. The quantitative estimate of drug-likeness (QED) is 0.685. The van der Waals surface area contributed by atoms with Crippen LogP contribution in [-0.2, 0) is 0 Å². The van der Waals surface area contributed by atoms with Gasteiger partial charge < -0.3 is 15.3 Å². The predicted octanol–water partition coefficient (Wildman–Crippen LogP) is 3.14. The molecule has 0 amide bonds. The van der Waals surface area contributed by atoms with E-state index in [2.05, 4.69) is 26.8 Å². The highest BCUT2D eigenvalue weighted by Gasteiger charge is 2.55. The number of hydrogen-bond donors (Lipinski definition) is 3. The molecule has 0 aromatic rings. The van der Waals surface area contributed by atoms with Crippen LogP contribution in [0.15, 0.2) is 11.6 Å². The average Bonchev–Trinajstić information content (AvgIpc) is 2.93. The van der Waals surface area contributed by atoms with Crippen molar-refractivity contribution in [3.63, 3.8) is 0 Å². The van der Waals surface area contributed by atoms with Gasteiger partial charge in [-0.1, -0.05) is 32.4 Å². The van der Waals surface area contributed by atoms with Crippen molar-refractivity contribution in [2.45, 2.75) is 71.5 Å². The number of hydrogen-bond acceptors (Lipinski definition) is 3. The Hall–Kier alpha value is -0.380. The summed E-state index contributed by atoms with van der Waals surface area (Å²) in [7, 11) is 0. The van der Waals surface area contributed by atoms with Crippen molar-refractivity contribution in [2.24, 2.45) is 35.0 Å². The van der Waals surface area contributed by atoms with E-state index in [1.54, 1.807) is 0 Å². The molecule has 3 aliphatic rings. The van der Waals surface area contributed by atoms with Gasteiger partial charge in [-0.05, 0) is 68.1 Å². The molecule has 0 aromatic carbocycles. The molecule has 2 saturated carbocycles. The molecule has 3 N–H and O–H groups in total. The van der Waals surface area contributed by atoms with E-state index in [-0.39, 0.29) is 29.8 Å². The van der Waals surface area contributed by atoms with E-state index in [0.717, 1.165) is 6.42 Å². The first-order valence-electron chi connectivity index (χ1n) is 9.41. The van der Waals surface area contributed by atoms with Crippen molar-refractivity contribution in [2.75, 3.05) is 6.61 Å². The monoisotopic (exact) mass is 322 g/mol. The third kappa shape index (κ3) is 2.79. The van der Waals surface area contributed by atoms with Crippen molar-refractivity contribution in [1.82, 2.24) is 0 Å². The average molecular weight is 322 g/mol. The van der Waals surface area contributed by atoms with Crippen LogP contribution in [-0.4, -0.2) is 33.6 Å². The predicted molar refractivity (Wildman–Crippen MR) is 91.8 cm³/mol. The van der Waals surface area contributed by atoms with Gasteiger partial charge in [0, 0.05) is 12.5 Å². The lowest BCUT2D eigenvalue weighted by molar-refractivity contribution is -0.0709. The summed E-state index contributed by atoms with van der Waals surface area (Å²) in [6.07, 6.45) is 6.47. The summed E-state index contributed by atoms with van der Waals surface area (Å²) in [5.74, 6) is 1.46. The van der Waals surface area contributed by atoms with Crippen LogP contribution in [0.3, 0.4) is 0 Å². The maximum absolute atomic E-state index is 11.1. The number of aliphatic hydroxyl groups excluding tert-OH is 2. The molecule has 3 aliphatic carbocycles. The van der Waals surface area contributed by atoms with Crippen LogP contribution < -0.4 is 0 Å². The van der Waals surface area contributed by atoms with Gasteiger partial charge in [-0.3, -0.25) is 0 Å². The smallest absolute Gasteiger partial charge is 0.0709 e. The molecule has 0 aliphatic heterocycles. The summed E-state index contributed by atoms with van der Waals surface area (Å²) < 4.78 is 0. The molecule has 3 rings (SSSR count). The third-order valence-corrected chi connectivity index (χ3v) is 7.31. The van der Waals surface area contributed by atoms with E-state index < -0.39 is 11.7 Å². The largest absolute Gasteiger partial charge is 0.396 e. The molecular weight excluding hydrogens is 288 g/mol. The Morgan fingerprint density at radius 1 is 1.30 bits per heavy atom. The van der Waals surface area contributed by atoms with Crippen LogP contribution in [0.4, 0.5) is 0 Å². The Kier molecular flexibility index (Phi) is 4.44. The van der Waals surface area contributed by atoms with E-state index in [4.69, 9.17) is 0 Å². The fraction of sp³-hybridized carbons (Fsp3) is 0.900. The molecule has 0 heterocycles. The molecule has 23 heavy (non-hydrogen) atoms. The fourth-order valence-corrected chi connectivity index (χ4v) is 6.09. The lowest BCUT2D eigenvalue weighted by Crippen LogP contribution is -2.45.